The molecule has 0 bridgehead atoms. The number of nitrogens with two attached hydrogens (primary N) is 1. The Morgan fingerprint density at radius 3 is 2.95 bits per heavy atom. The van der Waals surface area contributed by atoms with E-state index in [0.717, 1.165) is 23.7 Å². The van der Waals surface area contributed by atoms with Gasteiger partial charge in [-0.25, -0.2) is 0 Å². The first-order valence-electron chi connectivity index (χ1n) is 6.82. The molecule has 1 unspecified atom stereocenters. The van der Waals surface area contributed by atoms with Gasteiger partial charge in [0, 0.05) is 24.6 Å². The molecule has 0 aliphatic carbocycles. The minimum atomic E-state index is -0.340. The molecule has 20 heavy (non-hydrogen) atoms. The number of fused-ring (bicyclic) bond motifs is 1. The summed E-state index contributed by atoms with van der Waals surface area (Å²) in [4.78, 5) is 29.0. The van der Waals surface area contributed by atoms with Gasteiger partial charge in [0.05, 0.1) is 0 Å². The average molecular weight is 271 g/mol. The Morgan fingerprint density at radius 2 is 2.15 bits per heavy atom. The zero-order valence-electron chi connectivity index (χ0n) is 11.1. The fraction of sp³-hybridized carbons (Fsp3) is 0.333. The van der Waals surface area contributed by atoms with E-state index < -0.39 is 0 Å². The zero-order chi connectivity index (χ0) is 14.1. The smallest absolute Gasteiger partial charge is 0.261 e. The number of carbonyl (C=O) groups is 1. The van der Waals surface area contributed by atoms with Crippen molar-refractivity contribution in [1.82, 2.24) is 9.88 Å². The Labute approximate surface area is 116 Å². The van der Waals surface area contributed by atoms with Crippen LogP contribution >= 0.6 is 0 Å². The van der Waals surface area contributed by atoms with Crippen LogP contribution in [0.2, 0.25) is 0 Å². The van der Waals surface area contributed by atoms with Crippen molar-refractivity contribution < 1.29 is 4.79 Å². The molecule has 1 aliphatic heterocycles. The van der Waals surface area contributed by atoms with Gasteiger partial charge in [0.2, 0.25) is 0 Å². The number of piperidine rings is 1. The lowest BCUT2D eigenvalue weighted by molar-refractivity contribution is 0.0707. The van der Waals surface area contributed by atoms with Crippen molar-refractivity contribution >= 4 is 16.8 Å². The summed E-state index contributed by atoms with van der Waals surface area (Å²) in [6.07, 6.45) is 1.82. The fourth-order valence-corrected chi connectivity index (χ4v) is 2.67. The predicted molar refractivity (Wildman–Crippen MR) is 77.7 cm³/mol. The molecule has 5 heteroatoms. The van der Waals surface area contributed by atoms with Crippen LogP contribution in [-0.2, 0) is 0 Å². The molecule has 3 N–H and O–H groups in total. The number of hydrogen-bond acceptors (Lipinski definition) is 3. The highest BCUT2D eigenvalue weighted by Crippen LogP contribution is 2.14. The second-order valence-corrected chi connectivity index (χ2v) is 5.25. The molecule has 0 radical (unpaired) electrons. The van der Waals surface area contributed by atoms with Crippen LogP contribution in [0.25, 0.3) is 10.9 Å². The standard InChI is InChI=1S/C15H17N3O2/c16-11-5-3-7-18(9-11)15(20)12-8-10-4-1-2-6-13(10)17-14(12)19/h1-2,4,6,8,11H,3,5,7,9,16H2,(H,17,19). The molecule has 0 saturated carbocycles. The number of hydrogen-bond donors (Lipinski definition) is 2. The van der Waals surface area contributed by atoms with Crippen molar-refractivity contribution in [2.24, 2.45) is 5.73 Å². The van der Waals surface area contributed by atoms with Gasteiger partial charge in [0.15, 0.2) is 0 Å². The van der Waals surface area contributed by atoms with Crippen LogP contribution < -0.4 is 11.3 Å². The van der Waals surface area contributed by atoms with Crippen LogP contribution in [0, 0.1) is 0 Å². The maximum atomic E-state index is 12.5. The van der Waals surface area contributed by atoms with Crippen LogP contribution in [0.15, 0.2) is 35.1 Å². The summed E-state index contributed by atoms with van der Waals surface area (Å²) in [6.45, 7) is 1.18. The van der Waals surface area contributed by atoms with Gasteiger partial charge >= 0.3 is 0 Å². The number of carbonyl (C=O) groups excluding carboxylic acids is 1. The number of benzene rings is 1. The summed E-state index contributed by atoms with van der Waals surface area (Å²) in [5, 5.41) is 0.858. The van der Waals surface area contributed by atoms with Gasteiger partial charge in [-0.3, -0.25) is 9.59 Å². The number of pyridine rings is 1. The second-order valence-electron chi connectivity index (χ2n) is 5.25. The molecule has 1 fully saturated rings. The fourth-order valence-electron chi connectivity index (χ4n) is 2.67. The molecule has 2 heterocycles. The lowest BCUT2D eigenvalue weighted by atomic mass is 10.1. The first-order chi connectivity index (χ1) is 9.65. The number of likely N-dealkylation sites (tertiary alicyclic amines) is 1. The summed E-state index contributed by atoms with van der Waals surface area (Å²) < 4.78 is 0. The summed E-state index contributed by atoms with van der Waals surface area (Å²) in [7, 11) is 0. The van der Waals surface area contributed by atoms with E-state index in [0.29, 0.717) is 13.1 Å². The van der Waals surface area contributed by atoms with E-state index in [2.05, 4.69) is 4.98 Å². The number of amides is 1. The van der Waals surface area contributed by atoms with E-state index in [1.54, 1.807) is 11.0 Å². The Bertz CT molecular complexity index is 708. The molecule has 1 atom stereocenters. The quantitative estimate of drug-likeness (QED) is 0.815. The van der Waals surface area contributed by atoms with E-state index in [9.17, 15) is 9.59 Å². The highest BCUT2D eigenvalue weighted by atomic mass is 16.2. The molecule has 1 aromatic carbocycles. The monoisotopic (exact) mass is 271 g/mol. The van der Waals surface area contributed by atoms with Crippen LogP contribution in [0.3, 0.4) is 0 Å². The van der Waals surface area contributed by atoms with Crippen LogP contribution in [-0.4, -0.2) is 34.9 Å². The summed E-state index contributed by atoms with van der Waals surface area (Å²) in [5.74, 6) is -0.229. The van der Waals surface area contributed by atoms with Crippen molar-refractivity contribution in [2.75, 3.05) is 13.1 Å². The minimum absolute atomic E-state index is 0.00670. The van der Waals surface area contributed by atoms with E-state index in [4.69, 9.17) is 5.73 Å². The van der Waals surface area contributed by atoms with Gasteiger partial charge in [0.1, 0.15) is 5.56 Å². The number of aromatic amines is 1. The van der Waals surface area contributed by atoms with Crippen LogP contribution in [0.5, 0.6) is 0 Å². The highest BCUT2D eigenvalue weighted by Gasteiger charge is 2.24. The molecule has 3 rings (SSSR count). The Morgan fingerprint density at radius 1 is 1.35 bits per heavy atom. The Hall–Kier alpha value is -2.14. The lowest BCUT2D eigenvalue weighted by Gasteiger charge is -2.30. The third-order valence-corrected chi connectivity index (χ3v) is 3.73. The van der Waals surface area contributed by atoms with Crippen molar-refractivity contribution in [3.8, 4) is 0 Å². The second kappa shape index (κ2) is 5.09. The first kappa shape index (κ1) is 12.9. The summed E-state index contributed by atoms with van der Waals surface area (Å²) >= 11 is 0. The summed E-state index contributed by atoms with van der Waals surface area (Å²) in [5.41, 5.74) is 6.48. The average Bonchev–Trinajstić information content (AvgIpc) is 2.46. The molecular formula is C15H17N3O2. The van der Waals surface area contributed by atoms with Crippen molar-refractivity contribution in [3.05, 3.63) is 46.2 Å². The molecule has 1 amide bonds. The van der Waals surface area contributed by atoms with E-state index in [1.807, 2.05) is 24.3 Å². The molecule has 5 nitrogen and oxygen atoms in total. The predicted octanol–water partition coefficient (Wildman–Crippen LogP) is 1.09. The molecule has 0 spiro atoms. The highest BCUT2D eigenvalue weighted by molar-refractivity contribution is 5.97. The molecule has 104 valence electrons. The van der Waals surface area contributed by atoms with Gasteiger partial charge in [-0.1, -0.05) is 18.2 Å². The number of nitrogens with zero attached hydrogens (tertiary/aromatic N) is 1. The van der Waals surface area contributed by atoms with E-state index >= 15 is 0 Å². The zero-order valence-corrected chi connectivity index (χ0v) is 11.1. The van der Waals surface area contributed by atoms with Crippen molar-refractivity contribution in [1.29, 1.82) is 0 Å². The number of para-hydroxylation sites is 1. The molecule has 2 aromatic rings. The summed E-state index contributed by atoms with van der Waals surface area (Å²) in [6, 6.07) is 9.10. The van der Waals surface area contributed by atoms with Crippen molar-refractivity contribution in [2.45, 2.75) is 18.9 Å². The molecule has 1 aliphatic rings. The molecule has 1 aromatic heterocycles. The number of aromatic nitrogens is 1. The maximum Gasteiger partial charge on any atom is 0.261 e. The molecular weight excluding hydrogens is 254 g/mol. The van der Waals surface area contributed by atoms with E-state index in [1.165, 1.54) is 0 Å². The SMILES string of the molecule is NC1CCCN(C(=O)c2cc3ccccc3[nH]c2=O)C1. The number of H-pyrrole nitrogens is 1. The first-order valence-corrected chi connectivity index (χ1v) is 6.82. The Kier molecular flexibility index (Phi) is 3.28. The third-order valence-electron chi connectivity index (χ3n) is 3.73. The number of nitrogens with one attached hydrogen (secondary N) is 1. The number of rotatable bonds is 1. The lowest BCUT2D eigenvalue weighted by Crippen LogP contribution is -2.46. The van der Waals surface area contributed by atoms with Gasteiger partial charge in [-0.2, -0.15) is 0 Å². The van der Waals surface area contributed by atoms with Gasteiger partial charge in [-0.15, -0.1) is 0 Å². The van der Waals surface area contributed by atoms with Gasteiger partial charge < -0.3 is 15.6 Å². The van der Waals surface area contributed by atoms with E-state index in [-0.39, 0.29) is 23.1 Å². The third kappa shape index (κ3) is 2.32. The maximum absolute atomic E-state index is 12.5. The normalized spacial score (nSPS) is 19.2. The van der Waals surface area contributed by atoms with Gasteiger partial charge in [0.25, 0.3) is 11.5 Å². The topological polar surface area (TPSA) is 79.2 Å². The minimum Gasteiger partial charge on any atom is -0.337 e. The van der Waals surface area contributed by atoms with Gasteiger partial charge in [-0.05, 0) is 30.4 Å². The van der Waals surface area contributed by atoms with Crippen LogP contribution in [0.1, 0.15) is 23.2 Å². The largest absolute Gasteiger partial charge is 0.337 e. The Balaban J connectivity index is 1.98. The van der Waals surface area contributed by atoms with Crippen LogP contribution in [0.4, 0.5) is 0 Å². The molecule has 1 saturated heterocycles. The van der Waals surface area contributed by atoms with Crippen molar-refractivity contribution in [3.63, 3.8) is 0 Å².